The maximum atomic E-state index is 6.04. The fourth-order valence-electron chi connectivity index (χ4n) is 2.43. The van der Waals surface area contributed by atoms with Crippen LogP contribution in [0.1, 0.15) is 5.56 Å². The normalized spacial score (nSPS) is 17.3. The molecule has 2 aromatic rings. The van der Waals surface area contributed by atoms with Crippen molar-refractivity contribution in [3.8, 4) is 16.9 Å². The molecule has 0 spiro atoms. The van der Waals surface area contributed by atoms with Gasteiger partial charge in [-0.05, 0) is 18.7 Å². The molecule has 1 aliphatic heterocycles. The third-order valence-electron chi connectivity index (χ3n) is 3.23. The van der Waals surface area contributed by atoms with Crippen molar-refractivity contribution < 1.29 is 4.74 Å². The SMILES string of the molecule is CNC[C@@H]1Cc2cccc(-c3cccnc3)c2O1. The maximum absolute atomic E-state index is 6.04. The van der Waals surface area contributed by atoms with E-state index < -0.39 is 0 Å². The highest BCUT2D eigenvalue weighted by Gasteiger charge is 2.24. The zero-order chi connectivity index (χ0) is 12.4. The van der Waals surface area contributed by atoms with Crippen LogP contribution < -0.4 is 10.1 Å². The molecule has 0 aliphatic carbocycles. The van der Waals surface area contributed by atoms with Crippen LogP contribution >= 0.6 is 0 Å². The minimum Gasteiger partial charge on any atom is -0.488 e. The molecule has 18 heavy (non-hydrogen) atoms. The highest BCUT2D eigenvalue weighted by atomic mass is 16.5. The topological polar surface area (TPSA) is 34.2 Å². The fourth-order valence-corrected chi connectivity index (χ4v) is 2.43. The van der Waals surface area contributed by atoms with Gasteiger partial charge in [-0.2, -0.15) is 0 Å². The lowest BCUT2D eigenvalue weighted by Crippen LogP contribution is -2.27. The quantitative estimate of drug-likeness (QED) is 0.893. The molecule has 0 amide bonds. The van der Waals surface area contributed by atoms with Gasteiger partial charge < -0.3 is 10.1 Å². The van der Waals surface area contributed by atoms with Gasteiger partial charge in [-0.1, -0.05) is 24.3 Å². The predicted molar refractivity (Wildman–Crippen MR) is 71.7 cm³/mol. The Labute approximate surface area is 107 Å². The molecule has 0 unspecified atom stereocenters. The van der Waals surface area contributed by atoms with E-state index in [0.29, 0.717) is 0 Å². The van der Waals surface area contributed by atoms with E-state index in [1.54, 1.807) is 6.20 Å². The van der Waals surface area contributed by atoms with E-state index in [9.17, 15) is 0 Å². The van der Waals surface area contributed by atoms with E-state index in [-0.39, 0.29) is 6.10 Å². The van der Waals surface area contributed by atoms with Crippen molar-refractivity contribution in [3.63, 3.8) is 0 Å². The van der Waals surface area contributed by atoms with Gasteiger partial charge in [0.05, 0.1) is 0 Å². The van der Waals surface area contributed by atoms with Crippen molar-refractivity contribution >= 4 is 0 Å². The Hall–Kier alpha value is -1.87. The van der Waals surface area contributed by atoms with E-state index >= 15 is 0 Å². The summed E-state index contributed by atoms with van der Waals surface area (Å²) >= 11 is 0. The summed E-state index contributed by atoms with van der Waals surface area (Å²) in [6.45, 7) is 0.876. The lowest BCUT2D eigenvalue weighted by molar-refractivity contribution is 0.232. The highest BCUT2D eigenvalue weighted by Crippen LogP contribution is 2.38. The Bertz CT molecular complexity index is 539. The van der Waals surface area contributed by atoms with Gasteiger partial charge in [-0.25, -0.2) is 0 Å². The number of hydrogen-bond donors (Lipinski definition) is 1. The molecular weight excluding hydrogens is 224 g/mol. The third kappa shape index (κ3) is 1.97. The van der Waals surface area contributed by atoms with Gasteiger partial charge in [0.25, 0.3) is 0 Å². The monoisotopic (exact) mass is 240 g/mol. The van der Waals surface area contributed by atoms with Crippen LogP contribution in [0.3, 0.4) is 0 Å². The standard InChI is InChI=1S/C15H16N2O/c1-16-10-13-8-11-4-2-6-14(15(11)18-13)12-5-3-7-17-9-12/h2-7,9,13,16H,8,10H2,1H3/t13-/m0/s1. The van der Waals surface area contributed by atoms with Crippen LogP contribution in [0, 0.1) is 0 Å². The first-order chi connectivity index (χ1) is 8.88. The largest absolute Gasteiger partial charge is 0.488 e. The van der Waals surface area contributed by atoms with Crippen molar-refractivity contribution in [1.29, 1.82) is 0 Å². The lowest BCUT2D eigenvalue weighted by atomic mass is 10.0. The highest BCUT2D eigenvalue weighted by molar-refractivity contribution is 5.72. The van der Waals surface area contributed by atoms with E-state index in [1.807, 2.05) is 19.3 Å². The molecule has 1 N–H and O–H groups in total. The van der Waals surface area contributed by atoms with Crippen molar-refractivity contribution in [3.05, 3.63) is 48.3 Å². The summed E-state index contributed by atoms with van der Waals surface area (Å²) in [4.78, 5) is 4.17. The lowest BCUT2D eigenvalue weighted by Gasteiger charge is -2.11. The van der Waals surface area contributed by atoms with E-state index in [4.69, 9.17) is 4.74 Å². The van der Waals surface area contributed by atoms with Gasteiger partial charge in [-0.3, -0.25) is 4.98 Å². The van der Waals surface area contributed by atoms with Crippen LogP contribution in [0.25, 0.3) is 11.1 Å². The molecule has 0 saturated carbocycles. The molecule has 1 aromatic heterocycles. The van der Waals surface area contributed by atoms with Crippen molar-refractivity contribution in [1.82, 2.24) is 10.3 Å². The number of nitrogens with zero attached hydrogens (tertiary/aromatic N) is 1. The summed E-state index contributed by atoms with van der Waals surface area (Å²) in [7, 11) is 1.95. The number of ether oxygens (including phenoxy) is 1. The molecule has 1 aromatic carbocycles. The Kier molecular flexibility index (Phi) is 2.99. The van der Waals surface area contributed by atoms with Crippen molar-refractivity contribution in [2.24, 2.45) is 0 Å². The van der Waals surface area contributed by atoms with Gasteiger partial charge in [-0.15, -0.1) is 0 Å². The van der Waals surface area contributed by atoms with Crippen LogP contribution in [-0.2, 0) is 6.42 Å². The fraction of sp³-hybridized carbons (Fsp3) is 0.267. The number of nitrogens with one attached hydrogen (secondary N) is 1. The molecule has 0 saturated heterocycles. The summed E-state index contributed by atoms with van der Waals surface area (Å²) in [5, 5.41) is 3.17. The zero-order valence-electron chi connectivity index (χ0n) is 10.4. The zero-order valence-corrected chi connectivity index (χ0v) is 10.4. The van der Waals surface area contributed by atoms with Crippen LogP contribution in [0.5, 0.6) is 5.75 Å². The Morgan fingerprint density at radius 3 is 3.06 bits per heavy atom. The molecule has 0 bridgehead atoms. The van der Waals surface area contributed by atoms with E-state index in [0.717, 1.165) is 29.8 Å². The summed E-state index contributed by atoms with van der Waals surface area (Å²) < 4.78 is 6.04. The molecule has 1 atom stereocenters. The number of pyridine rings is 1. The number of para-hydroxylation sites is 1. The molecule has 1 aliphatic rings. The molecule has 0 fully saturated rings. The Morgan fingerprint density at radius 1 is 1.33 bits per heavy atom. The van der Waals surface area contributed by atoms with Crippen LogP contribution in [0.2, 0.25) is 0 Å². The maximum Gasteiger partial charge on any atom is 0.131 e. The number of benzene rings is 1. The van der Waals surface area contributed by atoms with Crippen LogP contribution in [0.15, 0.2) is 42.7 Å². The Balaban J connectivity index is 1.98. The smallest absolute Gasteiger partial charge is 0.131 e. The van der Waals surface area contributed by atoms with Gasteiger partial charge in [0.1, 0.15) is 11.9 Å². The minimum absolute atomic E-state index is 0.239. The first-order valence-corrected chi connectivity index (χ1v) is 6.22. The Morgan fingerprint density at radius 2 is 2.28 bits per heavy atom. The molecule has 92 valence electrons. The van der Waals surface area contributed by atoms with Gasteiger partial charge >= 0.3 is 0 Å². The summed E-state index contributed by atoms with van der Waals surface area (Å²) in [6.07, 6.45) is 4.88. The van der Waals surface area contributed by atoms with Gasteiger partial charge in [0.15, 0.2) is 0 Å². The minimum atomic E-state index is 0.239. The first-order valence-electron chi connectivity index (χ1n) is 6.22. The van der Waals surface area contributed by atoms with Gasteiger partial charge in [0.2, 0.25) is 0 Å². The first kappa shape index (κ1) is 11.2. The molecule has 3 heteroatoms. The summed E-state index contributed by atoms with van der Waals surface area (Å²) in [5.74, 6) is 1.02. The average Bonchev–Trinajstić information content (AvgIpc) is 2.82. The number of rotatable bonds is 3. The summed E-state index contributed by atoms with van der Waals surface area (Å²) in [5.41, 5.74) is 3.54. The van der Waals surface area contributed by atoms with Crippen LogP contribution in [-0.4, -0.2) is 24.7 Å². The van der Waals surface area contributed by atoms with Gasteiger partial charge in [0, 0.05) is 36.5 Å². The molecule has 3 rings (SSSR count). The third-order valence-corrected chi connectivity index (χ3v) is 3.23. The summed E-state index contributed by atoms with van der Waals surface area (Å²) in [6, 6.07) is 10.3. The predicted octanol–water partition coefficient (Wildman–Crippen LogP) is 2.27. The molecular formula is C15H16N2O. The van der Waals surface area contributed by atoms with E-state index in [1.165, 1.54) is 5.56 Å². The average molecular weight is 240 g/mol. The van der Waals surface area contributed by atoms with Crippen LogP contribution in [0.4, 0.5) is 0 Å². The second kappa shape index (κ2) is 4.78. The number of aromatic nitrogens is 1. The number of likely N-dealkylation sites (N-methyl/N-ethyl adjacent to an activating group) is 1. The van der Waals surface area contributed by atoms with Crippen molar-refractivity contribution in [2.45, 2.75) is 12.5 Å². The second-order valence-electron chi connectivity index (χ2n) is 4.54. The molecule has 0 radical (unpaired) electrons. The van der Waals surface area contributed by atoms with Crippen molar-refractivity contribution in [2.75, 3.05) is 13.6 Å². The number of hydrogen-bond acceptors (Lipinski definition) is 3. The van der Waals surface area contributed by atoms with E-state index in [2.05, 4.69) is 34.6 Å². The second-order valence-corrected chi connectivity index (χ2v) is 4.54. The molecule has 2 heterocycles. The number of fused-ring (bicyclic) bond motifs is 1. The molecule has 3 nitrogen and oxygen atoms in total.